The number of piperazine rings is 1. The first kappa shape index (κ1) is 20.6. The minimum absolute atomic E-state index is 0.350. The fourth-order valence-electron chi connectivity index (χ4n) is 3.96. The largest absolute Gasteiger partial charge is 0.369 e. The van der Waals surface area contributed by atoms with Crippen molar-refractivity contribution in [3.05, 3.63) is 64.8 Å². The van der Waals surface area contributed by atoms with E-state index in [2.05, 4.69) is 42.1 Å². The Morgan fingerprint density at radius 2 is 1.60 bits per heavy atom. The van der Waals surface area contributed by atoms with Gasteiger partial charge in [0.25, 0.3) is 0 Å². The summed E-state index contributed by atoms with van der Waals surface area (Å²) in [6, 6.07) is 13.5. The Morgan fingerprint density at radius 1 is 0.867 bits per heavy atom. The van der Waals surface area contributed by atoms with Crippen LogP contribution in [-0.4, -0.2) is 44.1 Å². The van der Waals surface area contributed by atoms with Crippen molar-refractivity contribution in [1.29, 1.82) is 0 Å². The van der Waals surface area contributed by atoms with Crippen LogP contribution in [0.4, 0.5) is 5.69 Å². The van der Waals surface area contributed by atoms with Gasteiger partial charge in [-0.15, -0.1) is 0 Å². The molecule has 0 amide bonds. The van der Waals surface area contributed by atoms with E-state index >= 15 is 0 Å². The number of rotatable bonds is 4. The molecule has 0 spiro atoms. The van der Waals surface area contributed by atoms with E-state index in [-0.39, 0.29) is 0 Å². The van der Waals surface area contributed by atoms with Crippen LogP contribution in [0.15, 0.2) is 51.9 Å². The van der Waals surface area contributed by atoms with Crippen molar-refractivity contribution in [3.8, 4) is 11.3 Å². The zero-order valence-electron chi connectivity index (χ0n) is 17.8. The van der Waals surface area contributed by atoms with E-state index in [0.29, 0.717) is 42.4 Å². The van der Waals surface area contributed by atoms with Crippen molar-refractivity contribution in [2.24, 2.45) is 0 Å². The van der Waals surface area contributed by atoms with Crippen molar-refractivity contribution in [3.63, 3.8) is 0 Å². The molecule has 2 aromatic carbocycles. The summed E-state index contributed by atoms with van der Waals surface area (Å²) in [6.45, 7) is 10.2. The molecular weight excluding hydrogens is 398 g/mol. The molecule has 0 saturated carbocycles. The predicted octanol–water partition coefficient (Wildman–Crippen LogP) is 4.09. The maximum Gasteiger partial charge on any atom is 0.243 e. The molecular formula is C23H27N3O3S. The van der Waals surface area contributed by atoms with Gasteiger partial charge in [0.1, 0.15) is 0 Å². The fourth-order valence-corrected chi connectivity index (χ4v) is 5.59. The Kier molecular flexibility index (Phi) is 5.42. The standard InChI is InChI=1S/C23H27N3O3S/c1-16-5-6-17(2)21(13-16)25-9-11-26(12-10-25)30(27,28)23-8-7-20(14-18(23)3)22-15-19(4)24-29-22/h5-8,13-15H,9-12H2,1-4H3. The highest BCUT2D eigenvalue weighted by Gasteiger charge is 2.30. The predicted molar refractivity (Wildman–Crippen MR) is 118 cm³/mol. The lowest BCUT2D eigenvalue weighted by molar-refractivity contribution is 0.384. The number of benzene rings is 2. The maximum absolute atomic E-state index is 13.3. The van der Waals surface area contributed by atoms with Gasteiger partial charge < -0.3 is 9.42 Å². The van der Waals surface area contributed by atoms with Gasteiger partial charge in [-0.1, -0.05) is 17.3 Å². The lowest BCUT2D eigenvalue weighted by Crippen LogP contribution is -2.49. The minimum Gasteiger partial charge on any atom is -0.369 e. The Morgan fingerprint density at radius 3 is 2.23 bits per heavy atom. The van der Waals surface area contributed by atoms with Crippen LogP contribution < -0.4 is 4.90 Å². The normalized spacial score (nSPS) is 15.5. The molecule has 0 unspecified atom stereocenters. The highest BCUT2D eigenvalue weighted by atomic mass is 32.2. The average Bonchev–Trinajstić information content (AvgIpc) is 3.16. The van der Waals surface area contributed by atoms with Gasteiger partial charge in [0, 0.05) is 43.5 Å². The van der Waals surface area contributed by atoms with Crippen LogP contribution in [0, 0.1) is 27.7 Å². The second-order valence-corrected chi connectivity index (χ2v) is 9.90. The highest BCUT2D eigenvalue weighted by molar-refractivity contribution is 7.89. The van der Waals surface area contributed by atoms with Crippen LogP contribution in [0.3, 0.4) is 0 Å². The Balaban J connectivity index is 1.53. The van der Waals surface area contributed by atoms with E-state index in [9.17, 15) is 8.42 Å². The van der Waals surface area contributed by atoms with Gasteiger partial charge in [-0.2, -0.15) is 4.31 Å². The van der Waals surface area contributed by atoms with Gasteiger partial charge in [-0.05, 0) is 68.7 Å². The number of sulfonamides is 1. The van der Waals surface area contributed by atoms with E-state index in [1.54, 1.807) is 16.4 Å². The second-order valence-electron chi connectivity index (χ2n) is 7.99. The number of aromatic nitrogens is 1. The Hall–Kier alpha value is -2.64. The van der Waals surface area contributed by atoms with Gasteiger partial charge in [-0.3, -0.25) is 0 Å². The molecule has 1 saturated heterocycles. The molecule has 158 valence electrons. The van der Waals surface area contributed by atoms with Crippen molar-refractivity contribution < 1.29 is 12.9 Å². The fraction of sp³-hybridized carbons (Fsp3) is 0.348. The maximum atomic E-state index is 13.3. The summed E-state index contributed by atoms with van der Waals surface area (Å²) in [6.07, 6.45) is 0. The molecule has 0 bridgehead atoms. The van der Waals surface area contributed by atoms with Gasteiger partial charge in [0.15, 0.2) is 5.76 Å². The third-order valence-electron chi connectivity index (χ3n) is 5.65. The molecule has 30 heavy (non-hydrogen) atoms. The van der Waals surface area contributed by atoms with Gasteiger partial charge >= 0.3 is 0 Å². The molecule has 3 aromatic rings. The summed E-state index contributed by atoms with van der Waals surface area (Å²) in [5.74, 6) is 0.640. The molecule has 1 aromatic heterocycles. The summed E-state index contributed by atoms with van der Waals surface area (Å²) in [4.78, 5) is 2.62. The third-order valence-corrected chi connectivity index (χ3v) is 7.71. The van der Waals surface area contributed by atoms with Crippen molar-refractivity contribution >= 4 is 15.7 Å². The molecule has 1 aliphatic rings. The van der Waals surface area contributed by atoms with Gasteiger partial charge in [-0.25, -0.2) is 8.42 Å². The van der Waals surface area contributed by atoms with Crippen LogP contribution >= 0.6 is 0 Å². The molecule has 0 radical (unpaired) electrons. The highest BCUT2D eigenvalue weighted by Crippen LogP contribution is 2.29. The van der Waals surface area contributed by atoms with Gasteiger partial charge in [0.2, 0.25) is 10.0 Å². The van der Waals surface area contributed by atoms with E-state index < -0.39 is 10.0 Å². The minimum atomic E-state index is -3.55. The summed E-state index contributed by atoms with van der Waals surface area (Å²) in [7, 11) is -3.55. The van der Waals surface area contributed by atoms with Crippen LogP contribution in [-0.2, 0) is 10.0 Å². The number of nitrogens with zero attached hydrogens (tertiary/aromatic N) is 3. The van der Waals surface area contributed by atoms with Crippen LogP contribution in [0.5, 0.6) is 0 Å². The first-order chi connectivity index (χ1) is 14.3. The summed E-state index contributed by atoms with van der Waals surface area (Å²) in [5.41, 5.74) is 5.94. The average molecular weight is 426 g/mol. The first-order valence-electron chi connectivity index (χ1n) is 10.1. The van der Waals surface area contributed by atoms with Crippen LogP contribution in [0.25, 0.3) is 11.3 Å². The summed E-state index contributed by atoms with van der Waals surface area (Å²) < 4.78 is 33.5. The van der Waals surface area contributed by atoms with Crippen LogP contribution in [0.2, 0.25) is 0 Å². The topological polar surface area (TPSA) is 66.7 Å². The SMILES string of the molecule is Cc1ccc(C)c(N2CCN(S(=O)(=O)c3ccc(-c4cc(C)no4)cc3C)CC2)c1. The molecule has 1 aliphatic heterocycles. The molecule has 1 fully saturated rings. The lowest BCUT2D eigenvalue weighted by atomic mass is 10.1. The van der Waals surface area contributed by atoms with Crippen molar-refractivity contribution in [2.75, 3.05) is 31.1 Å². The molecule has 2 heterocycles. The smallest absolute Gasteiger partial charge is 0.243 e. The lowest BCUT2D eigenvalue weighted by Gasteiger charge is -2.36. The number of hydrogen-bond acceptors (Lipinski definition) is 5. The van der Waals surface area contributed by atoms with E-state index in [0.717, 1.165) is 11.3 Å². The zero-order valence-corrected chi connectivity index (χ0v) is 18.7. The summed E-state index contributed by atoms with van der Waals surface area (Å²) >= 11 is 0. The summed E-state index contributed by atoms with van der Waals surface area (Å²) in [5, 5.41) is 3.90. The molecule has 0 aliphatic carbocycles. The molecule has 6 nitrogen and oxygen atoms in total. The van der Waals surface area contributed by atoms with E-state index in [4.69, 9.17) is 4.52 Å². The second kappa shape index (κ2) is 7.89. The molecule has 0 atom stereocenters. The molecule has 0 N–H and O–H groups in total. The van der Waals surface area contributed by atoms with Crippen molar-refractivity contribution in [2.45, 2.75) is 32.6 Å². The number of anilines is 1. The van der Waals surface area contributed by atoms with Crippen molar-refractivity contribution in [1.82, 2.24) is 9.46 Å². The Bertz CT molecular complexity index is 1180. The number of hydrogen-bond donors (Lipinski definition) is 0. The Labute approximate surface area is 178 Å². The number of aryl methyl sites for hydroxylation is 4. The third kappa shape index (κ3) is 3.87. The molecule has 4 rings (SSSR count). The molecule has 7 heteroatoms. The van der Waals surface area contributed by atoms with E-state index in [1.807, 2.05) is 26.0 Å². The monoisotopic (exact) mass is 425 g/mol. The van der Waals surface area contributed by atoms with E-state index in [1.165, 1.54) is 16.8 Å². The zero-order chi connectivity index (χ0) is 21.5. The van der Waals surface area contributed by atoms with Crippen LogP contribution in [0.1, 0.15) is 22.4 Å². The first-order valence-corrected chi connectivity index (χ1v) is 11.6. The van der Waals surface area contributed by atoms with Gasteiger partial charge in [0.05, 0.1) is 10.6 Å². The quantitative estimate of drug-likeness (QED) is 0.630.